The highest BCUT2D eigenvalue weighted by Crippen LogP contribution is 2.53. The topological polar surface area (TPSA) is 26.0 Å². The van der Waals surface area contributed by atoms with E-state index in [1.54, 1.807) is 0 Å². The molecule has 0 saturated carbocycles. The van der Waals surface area contributed by atoms with Crippen molar-refractivity contribution < 1.29 is 4.42 Å². The summed E-state index contributed by atoms with van der Waals surface area (Å²) in [5.41, 5.74) is 10.5. The van der Waals surface area contributed by atoms with Gasteiger partial charge in [0, 0.05) is 5.41 Å². The van der Waals surface area contributed by atoms with Crippen molar-refractivity contribution in [3.63, 3.8) is 0 Å². The lowest BCUT2D eigenvalue weighted by molar-refractivity contribution is 0.621. The quantitative estimate of drug-likeness (QED) is 0.227. The maximum absolute atomic E-state index is 6.43. The van der Waals surface area contributed by atoms with Crippen molar-refractivity contribution in [2.24, 2.45) is 0 Å². The molecule has 2 heteroatoms. The third-order valence-corrected chi connectivity index (χ3v) is 8.30. The first-order valence-corrected chi connectivity index (χ1v) is 13.2. The molecule has 0 amide bonds. The van der Waals surface area contributed by atoms with Gasteiger partial charge in [0.15, 0.2) is 5.58 Å². The van der Waals surface area contributed by atoms with Gasteiger partial charge in [-0.15, -0.1) is 0 Å². The Kier molecular flexibility index (Phi) is 4.31. The third kappa shape index (κ3) is 2.86. The summed E-state index contributed by atoms with van der Waals surface area (Å²) in [6.07, 6.45) is 0. The zero-order valence-electron chi connectivity index (χ0n) is 21.3. The van der Waals surface area contributed by atoms with E-state index in [-0.39, 0.29) is 5.41 Å². The first-order valence-electron chi connectivity index (χ1n) is 13.2. The van der Waals surface area contributed by atoms with Gasteiger partial charge >= 0.3 is 0 Å². The highest BCUT2D eigenvalue weighted by Gasteiger charge is 2.36. The van der Waals surface area contributed by atoms with Crippen LogP contribution >= 0.6 is 0 Å². The average Bonchev–Trinajstić information content (AvgIpc) is 3.48. The molecule has 1 aliphatic carbocycles. The van der Waals surface area contributed by atoms with Gasteiger partial charge in [0.25, 0.3) is 0 Å². The van der Waals surface area contributed by atoms with Crippen molar-refractivity contribution in [3.05, 3.63) is 126 Å². The molecule has 0 aliphatic heterocycles. The zero-order chi connectivity index (χ0) is 25.4. The molecule has 0 spiro atoms. The predicted octanol–water partition coefficient (Wildman–Crippen LogP) is 9.77. The summed E-state index contributed by atoms with van der Waals surface area (Å²) in [6, 6.07) is 41.1. The molecular weight excluding hydrogens is 462 g/mol. The molecule has 1 aliphatic rings. The summed E-state index contributed by atoms with van der Waals surface area (Å²) >= 11 is 0. The fourth-order valence-electron chi connectivity index (χ4n) is 6.50. The molecule has 2 nitrogen and oxygen atoms in total. The van der Waals surface area contributed by atoms with Gasteiger partial charge in [0.05, 0.1) is 5.56 Å². The van der Waals surface area contributed by atoms with E-state index in [4.69, 9.17) is 9.40 Å². The van der Waals surface area contributed by atoms with Crippen LogP contribution < -0.4 is 0 Å². The SMILES string of the molecule is CC1(C)c2ccccc2-c2cc3c(-c4nc5ccccc5o4)c4ccccc4c(-c4ccccc4)c3cc21. The Labute approximate surface area is 221 Å². The van der Waals surface area contributed by atoms with Gasteiger partial charge in [-0.3, -0.25) is 0 Å². The number of benzene rings is 6. The Morgan fingerprint density at radius 1 is 0.553 bits per heavy atom. The molecule has 0 saturated heterocycles. The van der Waals surface area contributed by atoms with Gasteiger partial charge in [0.1, 0.15) is 5.52 Å². The molecule has 180 valence electrons. The summed E-state index contributed by atoms with van der Waals surface area (Å²) < 4.78 is 6.43. The zero-order valence-corrected chi connectivity index (χ0v) is 21.3. The first-order chi connectivity index (χ1) is 18.6. The molecule has 7 aromatic rings. The van der Waals surface area contributed by atoms with Crippen molar-refractivity contribution in [2.75, 3.05) is 0 Å². The molecule has 1 aromatic heterocycles. The molecule has 6 aromatic carbocycles. The number of nitrogens with zero attached hydrogens (tertiary/aromatic N) is 1. The van der Waals surface area contributed by atoms with Crippen LogP contribution in [0.15, 0.2) is 120 Å². The number of aromatic nitrogens is 1. The summed E-state index contributed by atoms with van der Waals surface area (Å²) in [6.45, 7) is 4.68. The number of oxazole rings is 1. The number of hydrogen-bond donors (Lipinski definition) is 0. The van der Waals surface area contributed by atoms with E-state index in [1.807, 2.05) is 24.3 Å². The van der Waals surface area contributed by atoms with Crippen molar-refractivity contribution >= 4 is 32.6 Å². The van der Waals surface area contributed by atoms with Crippen LogP contribution in [0.25, 0.3) is 66.4 Å². The molecule has 0 atom stereocenters. The van der Waals surface area contributed by atoms with E-state index in [9.17, 15) is 0 Å². The largest absolute Gasteiger partial charge is 0.436 e. The Balaban J connectivity index is 1.59. The molecular formula is C36H25NO. The third-order valence-electron chi connectivity index (χ3n) is 8.30. The van der Waals surface area contributed by atoms with Crippen molar-refractivity contribution in [2.45, 2.75) is 19.3 Å². The minimum Gasteiger partial charge on any atom is -0.436 e. The second-order valence-electron chi connectivity index (χ2n) is 10.8. The Morgan fingerprint density at radius 3 is 2.03 bits per heavy atom. The highest BCUT2D eigenvalue weighted by atomic mass is 16.3. The van der Waals surface area contributed by atoms with Gasteiger partial charge in [-0.2, -0.15) is 0 Å². The van der Waals surface area contributed by atoms with Crippen LogP contribution in [-0.2, 0) is 5.41 Å². The van der Waals surface area contributed by atoms with E-state index < -0.39 is 0 Å². The van der Waals surface area contributed by atoms with E-state index >= 15 is 0 Å². The van der Waals surface area contributed by atoms with Crippen LogP contribution in [0.3, 0.4) is 0 Å². The van der Waals surface area contributed by atoms with E-state index in [0.717, 1.165) is 22.0 Å². The second kappa shape index (κ2) is 7.66. The summed E-state index contributed by atoms with van der Waals surface area (Å²) in [4.78, 5) is 4.99. The maximum atomic E-state index is 6.43. The molecule has 0 unspecified atom stereocenters. The number of para-hydroxylation sites is 2. The lowest BCUT2D eigenvalue weighted by Crippen LogP contribution is -2.14. The maximum Gasteiger partial charge on any atom is 0.228 e. The second-order valence-corrected chi connectivity index (χ2v) is 10.8. The summed E-state index contributed by atoms with van der Waals surface area (Å²) in [7, 11) is 0. The van der Waals surface area contributed by atoms with Crippen molar-refractivity contribution in [1.29, 1.82) is 0 Å². The van der Waals surface area contributed by atoms with Crippen LogP contribution in [0.4, 0.5) is 0 Å². The standard InChI is InChI=1S/C36H25NO/c1-36(2)29-17-9-8-14-23(29)26-20-27-28(21-30(26)36)33(22-12-4-3-5-13-22)24-15-6-7-16-25(24)34(27)35-37-31-18-10-11-19-32(31)38-35/h3-21H,1-2H3. The number of rotatable bonds is 2. The average molecular weight is 488 g/mol. The van der Waals surface area contributed by atoms with Crippen molar-refractivity contribution in [1.82, 2.24) is 4.98 Å². The van der Waals surface area contributed by atoms with Crippen LogP contribution in [0.5, 0.6) is 0 Å². The lowest BCUT2D eigenvalue weighted by atomic mass is 9.80. The van der Waals surface area contributed by atoms with Gasteiger partial charge in [0.2, 0.25) is 5.89 Å². The highest BCUT2D eigenvalue weighted by molar-refractivity contribution is 6.22. The number of fused-ring (bicyclic) bond motifs is 6. The molecule has 38 heavy (non-hydrogen) atoms. The Morgan fingerprint density at radius 2 is 1.21 bits per heavy atom. The van der Waals surface area contributed by atoms with Gasteiger partial charge < -0.3 is 4.42 Å². The van der Waals surface area contributed by atoms with E-state index in [0.29, 0.717) is 5.89 Å². The monoisotopic (exact) mass is 487 g/mol. The van der Waals surface area contributed by atoms with Crippen molar-refractivity contribution in [3.8, 4) is 33.7 Å². The lowest BCUT2D eigenvalue weighted by Gasteiger charge is -2.23. The Hall–Kier alpha value is -4.69. The molecule has 0 bridgehead atoms. The molecule has 0 radical (unpaired) electrons. The minimum atomic E-state index is -0.0858. The first kappa shape index (κ1) is 21.4. The fourth-order valence-corrected chi connectivity index (χ4v) is 6.50. The predicted molar refractivity (Wildman–Crippen MR) is 157 cm³/mol. The van der Waals surface area contributed by atoms with Crippen LogP contribution in [0.2, 0.25) is 0 Å². The summed E-state index contributed by atoms with van der Waals surface area (Å²) in [5.74, 6) is 0.664. The Bertz CT molecular complexity index is 2010. The van der Waals surface area contributed by atoms with Gasteiger partial charge in [-0.25, -0.2) is 4.98 Å². The molecule has 1 heterocycles. The normalized spacial score (nSPS) is 13.7. The van der Waals surface area contributed by atoms with Crippen LogP contribution in [0, 0.1) is 0 Å². The molecule has 8 rings (SSSR count). The fraction of sp³-hybridized carbons (Fsp3) is 0.0833. The smallest absolute Gasteiger partial charge is 0.228 e. The van der Waals surface area contributed by atoms with E-state index in [1.165, 1.54) is 49.5 Å². The van der Waals surface area contributed by atoms with Crippen LogP contribution in [0.1, 0.15) is 25.0 Å². The molecule has 0 N–H and O–H groups in total. The molecule has 0 fully saturated rings. The van der Waals surface area contributed by atoms with Gasteiger partial charge in [-0.05, 0) is 79.2 Å². The minimum absolute atomic E-state index is 0.0858. The van der Waals surface area contributed by atoms with Crippen LogP contribution in [-0.4, -0.2) is 4.98 Å². The summed E-state index contributed by atoms with van der Waals surface area (Å²) in [5, 5.41) is 4.75. The van der Waals surface area contributed by atoms with E-state index in [2.05, 4.69) is 105 Å². The number of hydrogen-bond acceptors (Lipinski definition) is 2. The van der Waals surface area contributed by atoms with Gasteiger partial charge in [-0.1, -0.05) is 105 Å².